The first kappa shape index (κ1) is 14.0. The lowest BCUT2D eigenvalue weighted by Gasteiger charge is -2.26. The Morgan fingerprint density at radius 2 is 1.90 bits per heavy atom. The minimum atomic E-state index is -0.257. The molecule has 1 aliphatic rings. The second-order valence-electron chi connectivity index (χ2n) is 4.96. The van der Waals surface area contributed by atoms with E-state index in [2.05, 4.69) is 35.8 Å². The molecule has 2 aromatic rings. The van der Waals surface area contributed by atoms with Gasteiger partial charge in [0.25, 0.3) is 5.91 Å². The molecule has 108 valence electrons. The van der Waals surface area contributed by atoms with Gasteiger partial charge < -0.3 is 10.1 Å². The maximum absolute atomic E-state index is 12.0. The molecule has 3 rings (SSSR count). The monoisotopic (exact) mass is 299 g/mol. The van der Waals surface area contributed by atoms with Crippen LogP contribution in [0.25, 0.3) is 0 Å². The fourth-order valence-corrected chi connectivity index (χ4v) is 2.79. The zero-order chi connectivity index (χ0) is 14.7. The quantitative estimate of drug-likeness (QED) is 0.878. The van der Waals surface area contributed by atoms with Crippen LogP contribution < -0.4 is 10.1 Å². The number of carbonyl (C=O) groups is 1. The third-order valence-corrected chi connectivity index (χ3v) is 4.29. The van der Waals surface area contributed by atoms with E-state index in [1.54, 1.807) is 17.8 Å². The zero-order valence-electron chi connectivity index (χ0n) is 11.8. The number of rotatable bonds is 4. The van der Waals surface area contributed by atoms with Crippen LogP contribution in [-0.2, 0) is 6.42 Å². The van der Waals surface area contributed by atoms with Crippen molar-refractivity contribution in [3.8, 4) is 5.75 Å². The maximum Gasteiger partial charge on any atom is 0.257 e. The van der Waals surface area contributed by atoms with Crippen LogP contribution in [0.1, 0.15) is 22.3 Å². The summed E-state index contributed by atoms with van der Waals surface area (Å²) in [5.74, 6) is 0.614. The lowest BCUT2D eigenvalue weighted by atomic mass is 10.1. The molecule has 21 heavy (non-hydrogen) atoms. The van der Waals surface area contributed by atoms with E-state index >= 15 is 0 Å². The van der Waals surface area contributed by atoms with Gasteiger partial charge in [-0.1, -0.05) is 24.3 Å². The number of carbonyl (C=O) groups excluding carboxylic acids is 1. The average molecular weight is 299 g/mol. The third kappa shape index (κ3) is 3.22. The molecular formula is C17H17NO2S. The van der Waals surface area contributed by atoms with Gasteiger partial charge in [0.05, 0.1) is 5.56 Å². The van der Waals surface area contributed by atoms with Crippen LogP contribution in [0.15, 0.2) is 53.4 Å². The van der Waals surface area contributed by atoms with Crippen molar-refractivity contribution in [2.24, 2.45) is 0 Å². The molecule has 1 amide bonds. The molecule has 0 bridgehead atoms. The van der Waals surface area contributed by atoms with Crippen LogP contribution >= 0.6 is 11.8 Å². The Bertz CT molecular complexity index is 639. The van der Waals surface area contributed by atoms with Crippen LogP contribution in [0.4, 0.5) is 0 Å². The fourth-order valence-electron chi connectivity index (χ4n) is 2.38. The molecule has 0 aromatic heterocycles. The van der Waals surface area contributed by atoms with Crippen molar-refractivity contribution in [3.05, 3.63) is 59.7 Å². The normalized spacial score (nSPS) is 16.8. The lowest BCUT2D eigenvalue weighted by molar-refractivity contribution is 0.0741. The van der Waals surface area contributed by atoms with Gasteiger partial charge in [-0.3, -0.25) is 4.79 Å². The van der Waals surface area contributed by atoms with Gasteiger partial charge in [-0.05, 0) is 42.5 Å². The van der Waals surface area contributed by atoms with Crippen molar-refractivity contribution in [1.29, 1.82) is 0 Å². The molecule has 0 saturated carbocycles. The minimum absolute atomic E-state index is 0.0559. The maximum atomic E-state index is 12.0. The molecule has 1 N–H and O–H groups in total. The molecule has 0 aliphatic carbocycles. The number of nitrogens with one attached hydrogen (secondary N) is 1. The highest BCUT2D eigenvalue weighted by atomic mass is 32.2. The van der Waals surface area contributed by atoms with Gasteiger partial charge in [-0.25, -0.2) is 0 Å². The Hall–Kier alpha value is -1.94. The predicted octanol–water partition coefficient (Wildman–Crippen LogP) is 3.49. The number of benzene rings is 2. The summed E-state index contributed by atoms with van der Waals surface area (Å²) in [5, 5.41) is 2.90. The van der Waals surface area contributed by atoms with E-state index in [0.29, 0.717) is 11.3 Å². The summed E-state index contributed by atoms with van der Waals surface area (Å²) in [6.45, 7) is 0. The van der Waals surface area contributed by atoms with E-state index < -0.39 is 0 Å². The third-order valence-electron chi connectivity index (χ3n) is 3.55. The summed E-state index contributed by atoms with van der Waals surface area (Å²) in [7, 11) is 0. The van der Waals surface area contributed by atoms with Crippen molar-refractivity contribution < 1.29 is 9.53 Å². The Morgan fingerprint density at radius 3 is 2.67 bits per heavy atom. The lowest BCUT2D eigenvalue weighted by Crippen LogP contribution is -2.43. The average Bonchev–Trinajstić information content (AvgIpc) is 2.53. The van der Waals surface area contributed by atoms with Gasteiger partial charge in [0, 0.05) is 11.3 Å². The van der Waals surface area contributed by atoms with E-state index in [4.69, 9.17) is 4.74 Å². The van der Waals surface area contributed by atoms with Gasteiger partial charge in [-0.2, -0.15) is 0 Å². The molecule has 1 aliphatic heterocycles. The number of hydrogen-bond acceptors (Lipinski definition) is 3. The summed E-state index contributed by atoms with van der Waals surface area (Å²) < 4.78 is 5.83. The number of amides is 1. The summed E-state index contributed by atoms with van der Waals surface area (Å²) in [4.78, 5) is 13.3. The molecule has 2 aromatic carbocycles. The largest absolute Gasteiger partial charge is 0.470 e. The number of fused-ring (bicyclic) bond motifs is 1. The van der Waals surface area contributed by atoms with Crippen LogP contribution in [0.2, 0.25) is 0 Å². The van der Waals surface area contributed by atoms with E-state index in [-0.39, 0.29) is 12.1 Å². The SMILES string of the molecule is CSc1ccc(CCC2NC(=O)c3ccccc3O2)cc1. The summed E-state index contributed by atoms with van der Waals surface area (Å²) in [6.07, 6.45) is 3.45. The molecule has 4 heteroatoms. The summed E-state index contributed by atoms with van der Waals surface area (Å²) in [5.41, 5.74) is 1.86. The van der Waals surface area contributed by atoms with Crippen LogP contribution in [0.3, 0.4) is 0 Å². The number of hydrogen-bond donors (Lipinski definition) is 1. The van der Waals surface area contributed by atoms with Crippen molar-refractivity contribution >= 4 is 17.7 Å². The summed E-state index contributed by atoms with van der Waals surface area (Å²) >= 11 is 1.73. The highest BCUT2D eigenvalue weighted by Gasteiger charge is 2.24. The standard InChI is InChI=1S/C17H17NO2S/c1-21-13-9-6-12(7-10-13)8-11-16-18-17(19)14-4-2-3-5-15(14)20-16/h2-7,9-10,16H,8,11H2,1H3,(H,18,19). The number of thioether (sulfide) groups is 1. The Balaban J connectivity index is 1.63. The van der Waals surface area contributed by atoms with Crippen LogP contribution in [0, 0.1) is 0 Å². The highest BCUT2D eigenvalue weighted by Crippen LogP contribution is 2.24. The van der Waals surface area contributed by atoms with Crippen molar-refractivity contribution in [3.63, 3.8) is 0 Å². The first-order valence-corrected chi connectivity index (χ1v) is 8.18. The molecule has 0 radical (unpaired) electrons. The molecule has 0 spiro atoms. The predicted molar refractivity (Wildman–Crippen MR) is 84.9 cm³/mol. The van der Waals surface area contributed by atoms with E-state index in [9.17, 15) is 4.79 Å². The molecule has 0 saturated heterocycles. The van der Waals surface area contributed by atoms with Gasteiger partial charge in [-0.15, -0.1) is 11.8 Å². The summed E-state index contributed by atoms with van der Waals surface area (Å²) in [6, 6.07) is 15.8. The molecule has 1 heterocycles. The number of ether oxygens (including phenoxy) is 1. The van der Waals surface area contributed by atoms with E-state index in [1.165, 1.54) is 10.5 Å². The Morgan fingerprint density at radius 1 is 1.14 bits per heavy atom. The minimum Gasteiger partial charge on any atom is -0.470 e. The Labute approximate surface area is 128 Å². The van der Waals surface area contributed by atoms with E-state index in [1.807, 2.05) is 18.2 Å². The second-order valence-corrected chi connectivity index (χ2v) is 5.84. The molecule has 1 atom stereocenters. The van der Waals surface area contributed by atoms with Crippen molar-refractivity contribution in [2.45, 2.75) is 24.0 Å². The van der Waals surface area contributed by atoms with E-state index in [0.717, 1.165) is 12.8 Å². The fraction of sp³-hybridized carbons (Fsp3) is 0.235. The molecule has 1 unspecified atom stereocenters. The molecular weight excluding hydrogens is 282 g/mol. The van der Waals surface area contributed by atoms with Crippen LogP contribution in [-0.4, -0.2) is 18.4 Å². The smallest absolute Gasteiger partial charge is 0.257 e. The molecule has 0 fully saturated rings. The number of para-hydroxylation sites is 1. The Kier molecular flexibility index (Phi) is 4.15. The van der Waals surface area contributed by atoms with Gasteiger partial charge in [0.1, 0.15) is 5.75 Å². The van der Waals surface area contributed by atoms with Crippen molar-refractivity contribution in [2.75, 3.05) is 6.26 Å². The van der Waals surface area contributed by atoms with Gasteiger partial charge in [0.2, 0.25) is 0 Å². The first-order chi connectivity index (χ1) is 10.3. The van der Waals surface area contributed by atoms with Gasteiger partial charge >= 0.3 is 0 Å². The van der Waals surface area contributed by atoms with Gasteiger partial charge in [0.15, 0.2) is 6.23 Å². The second kappa shape index (κ2) is 6.22. The molecule has 3 nitrogen and oxygen atoms in total. The highest BCUT2D eigenvalue weighted by molar-refractivity contribution is 7.98. The van der Waals surface area contributed by atoms with Crippen molar-refractivity contribution in [1.82, 2.24) is 5.32 Å². The van der Waals surface area contributed by atoms with Crippen LogP contribution in [0.5, 0.6) is 5.75 Å². The number of aryl methyl sites for hydroxylation is 1. The topological polar surface area (TPSA) is 38.3 Å². The first-order valence-electron chi connectivity index (χ1n) is 6.96. The zero-order valence-corrected chi connectivity index (χ0v) is 12.7.